The Hall–Kier alpha value is -1.32. The Morgan fingerprint density at radius 2 is 0.967 bits per heavy atom. The molecule has 1 aliphatic carbocycles. The minimum absolute atomic E-state index is 0.236. The molecule has 174 valence electrons. The van der Waals surface area contributed by atoms with Gasteiger partial charge in [-0.1, -0.05) is 103 Å². The van der Waals surface area contributed by atoms with E-state index in [1.54, 1.807) is 0 Å². The van der Waals surface area contributed by atoms with Crippen LogP contribution in [0, 0.1) is 11.8 Å². The van der Waals surface area contributed by atoms with Crippen molar-refractivity contribution in [1.29, 1.82) is 0 Å². The Bertz CT molecular complexity index is 472. The van der Waals surface area contributed by atoms with Gasteiger partial charge in [-0.3, -0.25) is 9.59 Å². The van der Waals surface area contributed by atoms with Crippen molar-refractivity contribution in [3.8, 4) is 0 Å². The fraction of sp³-hybridized carbons (Fsp3) is 0.846. The third kappa shape index (κ3) is 12.4. The molecule has 2 atom stereocenters. The highest BCUT2D eigenvalue weighted by molar-refractivity contribution is 5.82. The molecule has 0 bridgehead atoms. The van der Waals surface area contributed by atoms with Crippen LogP contribution in [-0.4, -0.2) is 25.2 Å². The third-order valence-corrected chi connectivity index (χ3v) is 6.02. The van der Waals surface area contributed by atoms with Crippen molar-refractivity contribution in [1.82, 2.24) is 0 Å². The highest BCUT2D eigenvalue weighted by Gasteiger charge is 2.36. The second-order valence-corrected chi connectivity index (χ2v) is 8.73. The van der Waals surface area contributed by atoms with Gasteiger partial charge in [0.1, 0.15) is 0 Å². The first-order chi connectivity index (χ1) is 14.7. The van der Waals surface area contributed by atoms with Crippen LogP contribution in [0.2, 0.25) is 0 Å². The molecule has 2 unspecified atom stereocenters. The quantitative estimate of drug-likeness (QED) is 0.134. The van der Waals surface area contributed by atoms with Crippen LogP contribution in [0.1, 0.15) is 117 Å². The summed E-state index contributed by atoms with van der Waals surface area (Å²) in [7, 11) is 0. The van der Waals surface area contributed by atoms with E-state index in [0.717, 1.165) is 25.7 Å². The predicted molar refractivity (Wildman–Crippen MR) is 123 cm³/mol. The van der Waals surface area contributed by atoms with E-state index in [1.165, 1.54) is 64.2 Å². The van der Waals surface area contributed by atoms with Crippen LogP contribution >= 0.6 is 0 Å². The zero-order valence-corrected chi connectivity index (χ0v) is 19.7. The maximum absolute atomic E-state index is 12.5. The summed E-state index contributed by atoms with van der Waals surface area (Å²) >= 11 is 0. The van der Waals surface area contributed by atoms with E-state index in [2.05, 4.69) is 13.8 Å². The summed E-state index contributed by atoms with van der Waals surface area (Å²) in [5, 5.41) is 0. The van der Waals surface area contributed by atoms with Gasteiger partial charge in [0.25, 0.3) is 0 Å². The van der Waals surface area contributed by atoms with Crippen molar-refractivity contribution in [3.63, 3.8) is 0 Å². The van der Waals surface area contributed by atoms with Gasteiger partial charge in [0.15, 0.2) is 0 Å². The maximum Gasteiger partial charge on any atom is 0.310 e. The lowest BCUT2D eigenvalue weighted by Gasteiger charge is -2.25. The number of esters is 2. The first-order valence-electron chi connectivity index (χ1n) is 12.7. The fourth-order valence-electron chi connectivity index (χ4n) is 3.98. The molecule has 1 aliphatic rings. The van der Waals surface area contributed by atoms with Gasteiger partial charge in [-0.25, -0.2) is 0 Å². The van der Waals surface area contributed by atoms with Crippen LogP contribution < -0.4 is 0 Å². The Morgan fingerprint density at radius 1 is 0.600 bits per heavy atom. The molecule has 0 heterocycles. The molecule has 0 N–H and O–H groups in total. The molecule has 0 spiro atoms. The number of ether oxygens (including phenoxy) is 2. The molecule has 0 aliphatic heterocycles. The van der Waals surface area contributed by atoms with Crippen molar-refractivity contribution in [2.75, 3.05) is 13.2 Å². The van der Waals surface area contributed by atoms with E-state index in [9.17, 15) is 9.59 Å². The highest BCUT2D eigenvalue weighted by atomic mass is 16.5. The number of carbonyl (C=O) groups excluding carboxylic acids is 2. The maximum atomic E-state index is 12.5. The van der Waals surface area contributed by atoms with Crippen LogP contribution in [0.15, 0.2) is 12.2 Å². The van der Waals surface area contributed by atoms with E-state index in [4.69, 9.17) is 9.47 Å². The van der Waals surface area contributed by atoms with Gasteiger partial charge < -0.3 is 9.47 Å². The fourth-order valence-corrected chi connectivity index (χ4v) is 3.98. The lowest BCUT2D eigenvalue weighted by Crippen LogP contribution is -2.34. The molecule has 0 radical (unpaired) electrons. The molecule has 4 nitrogen and oxygen atoms in total. The molecular formula is C26H46O4. The molecule has 0 fully saturated rings. The van der Waals surface area contributed by atoms with Gasteiger partial charge in [-0.05, 0) is 25.7 Å². The summed E-state index contributed by atoms with van der Waals surface area (Å²) in [4.78, 5) is 24.8. The average Bonchev–Trinajstić information content (AvgIpc) is 2.77. The van der Waals surface area contributed by atoms with Gasteiger partial charge in [-0.15, -0.1) is 0 Å². The van der Waals surface area contributed by atoms with E-state index in [1.807, 2.05) is 12.2 Å². The van der Waals surface area contributed by atoms with Gasteiger partial charge in [-0.2, -0.15) is 0 Å². The van der Waals surface area contributed by atoms with Gasteiger partial charge in [0.05, 0.1) is 25.0 Å². The summed E-state index contributed by atoms with van der Waals surface area (Å²) in [5.74, 6) is -1.26. The van der Waals surface area contributed by atoms with Crippen molar-refractivity contribution in [2.45, 2.75) is 117 Å². The molecule has 0 aromatic rings. The summed E-state index contributed by atoms with van der Waals surface area (Å²) in [5.41, 5.74) is 0. The first kappa shape index (κ1) is 26.7. The largest absolute Gasteiger partial charge is 0.465 e. The minimum Gasteiger partial charge on any atom is -0.465 e. The second-order valence-electron chi connectivity index (χ2n) is 8.73. The monoisotopic (exact) mass is 422 g/mol. The molecule has 1 rings (SSSR count). The van der Waals surface area contributed by atoms with Gasteiger partial charge >= 0.3 is 11.9 Å². The molecule has 0 aromatic heterocycles. The van der Waals surface area contributed by atoms with Crippen LogP contribution in [0.3, 0.4) is 0 Å². The SMILES string of the molecule is CCCCCCCCCCCCCCOC(=O)C1CC=CCC1C(=O)OCCCC. The van der Waals surface area contributed by atoms with Crippen molar-refractivity contribution < 1.29 is 19.1 Å². The standard InChI is InChI=1S/C26H46O4/c1-3-5-7-8-9-10-11-12-13-14-15-18-22-30-26(28)24-20-17-16-19-23(24)25(27)29-21-6-4-2/h16-17,23-24H,3-15,18-22H2,1-2H3. The van der Waals surface area contributed by atoms with Crippen LogP contribution in [0.5, 0.6) is 0 Å². The van der Waals surface area contributed by atoms with Crippen molar-refractivity contribution in [2.24, 2.45) is 11.8 Å². The number of rotatable bonds is 18. The van der Waals surface area contributed by atoms with E-state index >= 15 is 0 Å². The molecule has 4 heteroatoms. The van der Waals surface area contributed by atoms with Gasteiger partial charge in [0, 0.05) is 0 Å². The number of hydrogen-bond donors (Lipinski definition) is 0. The number of unbranched alkanes of at least 4 members (excludes halogenated alkanes) is 12. The van der Waals surface area contributed by atoms with Crippen LogP contribution in [0.4, 0.5) is 0 Å². The van der Waals surface area contributed by atoms with E-state index in [0.29, 0.717) is 26.1 Å². The smallest absolute Gasteiger partial charge is 0.310 e. The lowest BCUT2D eigenvalue weighted by atomic mass is 9.83. The van der Waals surface area contributed by atoms with E-state index < -0.39 is 0 Å². The predicted octanol–water partition coefficient (Wildman–Crippen LogP) is 7.16. The Labute approximate surface area is 185 Å². The summed E-state index contributed by atoms with van der Waals surface area (Å²) in [6, 6.07) is 0. The normalized spacial score (nSPS) is 18.3. The zero-order valence-electron chi connectivity index (χ0n) is 19.7. The highest BCUT2D eigenvalue weighted by Crippen LogP contribution is 2.28. The summed E-state index contributed by atoms with van der Waals surface area (Å²) in [6.45, 7) is 5.23. The molecule has 0 saturated heterocycles. The lowest BCUT2D eigenvalue weighted by molar-refractivity contribution is -0.161. The van der Waals surface area contributed by atoms with Crippen molar-refractivity contribution in [3.05, 3.63) is 12.2 Å². The molecule has 30 heavy (non-hydrogen) atoms. The van der Waals surface area contributed by atoms with Crippen LogP contribution in [-0.2, 0) is 19.1 Å². The molecule has 0 saturated carbocycles. The molecule has 0 amide bonds. The second kappa shape index (κ2) is 18.4. The third-order valence-electron chi connectivity index (χ3n) is 6.02. The first-order valence-corrected chi connectivity index (χ1v) is 12.7. The molecule has 0 aromatic carbocycles. The zero-order chi connectivity index (χ0) is 21.9. The van der Waals surface area contributed by atoms with Crippen LogP contribution in [0.25, 0.3) is 0 Å². The Morgan fingerprint density at radius 3 is 1.40 bits per heavy atom. The number of carbonyl (C=O) groups is 2. The summed E-state index contributed by atoms with van der Waals surface area (Å²) in [6.07, 6.45) is 22.4. The van der Waals surface area contributed by atoms with E-state index in [-0.39, 0.29) is 23.8 Å². The van der Waals surface area contributed by atoms with Gasteiger partial charge in [0.2, 0.25) is 0 Å². The average molecular weight is 423 g/mol. The Balaban J connectivity index is 2.07. The number of allylic oxidation sites excluding steroid dienone is 2. The summed E-state index contributed by atoms with van der Waals surface area (Å²) < 4.78 is 10.8. The minimum atomic E-state index is -0.388. The Kier molecular flexibility index (Phi) is 16.4. The molecular weight excluding hydrogens is 376 g/mol. The number of hydrogen-bond acceptors (Lipinski definition) is 4. The topological polar surface area (TPSA) is 52.6 Å². The van der Waals surface area contributed by atoms with Crippen molar-refractivity contribution >= 4 is 11.9 Å².